The van der Waals surface area contributed by atoms with Gasteiger partial charge in [0.15, 0.2) is 6.54 Å². The first-order chi connectivity index (χ1) is 10.8. The van der Waals surface area contributed by atoms with E-state index in [1.165, 1.54) is 18.2 Å². The number of benzene rings is 1. The lowest BCUT2D eigenvalue weighted by molar-refractivity contribution is -0.899. The van der Waals surface area contributed by atoms with Crippen LogP contribution in [0.15, 0.2) is 24.3 Å². The minimum atomic E-state index is -4.53. The number of likely N-dealkylation sites (tertiary alicyclic amines) is 1. The Morgan fingerprint density at radius 2 is 2.00 bits per heavy atom. The third-order valence-corrected chi connectivity index (χ3v) is 3.94. The Morgan fingerprint density at radius 1 is 1.30 bits per heavy atom. The molecule has 1 aliphatic rings. The van der Waals surface area contributed by atoms with E-state index in [4.69, 9.17) is 5.73 Å². The Kier molecular flexibility index (Phi) is 5.25. The molecule has 126 valence electrons. The number of anilines is 1. The molecule has 0 radical (unpaired) electrons. The number of hydrogen-bond donors (Lipinski definition) is 3. The van der Waals surface area contributed by atoms with E-state index in [0.717, 1.165) is 17.4 Å². The van der Waals surface area contributed by atoms with Crippen molar-refractivity contribution in [1.82, 2.24) is 0 Å². The highest BCUT2D eigenvalue weighted by Crippen LogP contribution is 2.34. The quantitative estimate of drug-likeness (QED) is 0.748. The fourth-order valence-corrected chi connectivity index (χ4v) is 2.82. The summed E-state index contributed by atoms with van der Waals surface area (Å²) in [7, 11) is 0. The molecule has 8 heteroatoms. The molecule has 1 aromatic rings. The molecule has 1 aromatic carbocycles. The maximum absolute atomic E-state index is 12.9. The average Bonchev–Trinajstić information content (AvgIpc) is 2.46. The zero-order chi connectivity index (χ0) is 17.0. The van der Waals surface area contributed by atoms with Crippen molar-refractivity contribution in [3.05, 3.63) is 29.8 Å². The highest BCUT2D eigenvalue weighted by Gasteiger charge is 2.34. The van der Waals surface area contributed by atoms with Gasteiger partial charge in [-0.1, -0.05) is 12.1 Å². The van der Waals surface area contributed by atoms with Crippen molar-refractivity contribution in [2.45, 2.75) is 19.0 Å². The van der Waals surface area contributed by atoms with Gasteiger partial charge in [-0.25, -0.2) is 0 Å². The van der Waals surface area contributed by atoms with Crippen LogP contribution < -0.4 is 16.0 Å². The van der Waals surface area contributed by atoms with E-state index in [2.05, 4.69) is 5.32 Å². The first-order valence-electron chi connectivity index (χ1n) is 7.36. The molecule has 1 heterocycles. The number of para-hydroxylation sites is 1. The van der Waals surface area contributed by atoms with E-state index in [1.807, 2.05) is 0 Å². The Bertz CT molecular complexity index is 590. The number of nitrogens with one attached hydrogen (secondary N) is 2. The first-order valence-corrected chi connectivity index (χ1v) is 7.36. The van der Waals surface area contributed by atoms with Crippen LogP contribution in [0.1, 0.15) is 18.4 Å². The molecular weight excluding hydrogens is 311 g/mol. The van der Waals surface area contributed by atoms with Gasteiger partial charge in [-0.2, -0.15) is 13.2 Å². The molecule has 1 aliphatic heterocycles. The summed E-state index contributed by atoms with van der Waals surface area (Å²) in [6, 6.07) is 4.85. The summed E-state index contributed by atoms with van der Waals surface area (Å²) in [5.74, 6) is -1.19. The van der Waals surface area contributed by atoms with Gasteiger partial charge < -0.3 is 16.0 Å². The van der Waals surface area contributed by atoms with E-state index in [-0.39, 0.29) is 18.2 Å². The van der Waals surface area contributed by atoms with Crippen molar-refractivity contribution < 1.29 is 27.7 Å². The van der Waals surface area contributed by atoms with Crippen LogP contribution in [0.3, 0.4) is 0 Å². The highest BCUT2D eigenvalue weighted by atomic mass is 19.4. The van der Waals surface area contributed by atoms with Crippen molar-refractivity contribution in [1.29, 1.82) is 0 Å². The minimum absolute atomic E-state index is 0.00989. The molecule has 1 fully saturated rings. The van der Waals surface area contributed by atoms with Crippen LogP contribution in [0.2, 0.25) is 0 Å². The number of nitrogens with two attached hydrogens (primary N) is 1. The van der Waals surface area contributed by atoms with Crippen LogP contribution >= 0.6 is 0 Å². The number of piperidine rings is 1. The molecular formula is C15H19F3N3O2+. The number of carbonyl (C=O) groups excluding carboxylic acids is 2. The van der Waals surface area contributed by atoms with E-state index in [0.29, 0.717) is 19.5 Å². The van der Waals surface area contributed by atoms with Crippen LogP contribution in [-0.2, 0) is 15.8 Å². The molecule has 0 aliphatic carbocycles. The molecule has 0 bridgehead atoms. The van der Waals surface area contributed by atoms with Gasteiger partial charge >= 0.3 is 6.18 Å². The topological polar surface area (TPSA) is 76.6 Å². The summed E-state index contributed by atoms with van der Waals surface area (Å²) >= 11 is 0. The molecule has 2 rings (SSSR count). The molecule has 2 atom stereocenters. The predicted octanol–water partition coefficient (Wildman–Crippen LogP) is 0.424. The van der Waals surface area contributed by atoms with Gasteiger partial charge in [-0.3, -0.25) is 9.59 Å². The van der Waals surface area contributed by atoms with Crippen molar-refractivity contribution in [2.75, 3.05) is 25.0 Å². The van der Waals surface area contributed by atoms with E-state index >= 15 is 0 Å². The van der Waals surface area contributed by atoms with Gasteiger partial charge in [0, 0.05) is 0 Å². The first kappa shape index (κ1) is 17.3. The Morgan fingerprint density at radius 3 is 2.65 bits per heavy atom. The number of halogens is 3. The van der Waals surface area contributed by atoms with Crippen molar-refractivity contribution in [3.63, 3.8) is 0 Å². The number of amides is 2. The minimum Gasteiger partial charge on any atom is -0.369 e. The zero-order valence-electron chi connectivity index (χ0n) is 12.5. The predicted molar refractivity (Wildman–Crippen MR) is 77.6 cm³/mol. The van der Waals surface area contributed by atoms with Gasteiger partial charge in [0.2, 0.25) is 5.91 Å². The largest absolute Gasteiger partial charge is 0.418 e. The summed E-state index contributed by atoms with van der Waals surface area (Å²) in [6.45, 7) is 1.14. The molecule has 1 unspecified atom stereocenters. The number of hydrogen-bond acceptors (Lipinski definition) is 2. The lowest BCUT2D eigenvalue weighted by Gasteiger charge is -2.27. The van der Waals surface area contributed by atoms with Crippen LogP contribution in [0.25, 0.3) is 0 Å². The molecule has 23 heavy (non-hydrogen) atoms. The SMILES string of the molecule is NC(=O)[C@@H]1CCC[NH+](CC(=O)Nc2ccccc2C(F)(F)F)C1. The van der Waals surface area contributed by atoms with Crippen molar-refractivity contribution in [3.8, 4) is 0 Å². The van der Waals surface area contributed by atoms with E-state index in [1.54, 1.807) is 0 Å². The van der Waals surface area contributed by atoms with Gasteiger partial charge in [-0.15, -0.1) is 0 Å². The molecule has 0 spiro atoms. The zero-order valence-corrected chi connectivity index (χ0v) is 12.5. The van der Waals surface area contributed by atoms with E-state index < -0.39 is 23.6 Å². The summed E-state index contributed by atoms with van der Waals surface area (Å²) in [6.07, 6.45) is -3.08. The normalized spacial score (nSPS) is 21.7. The van der Waals surface area contributed by atoms with Crippen molar-refractivity contribution >= 4 is 17.5 Å². The van der Waals surface area contributed by atoms with E-state index in [9.17, 15) is 22.8 Å². The van der Waals surface area contributed by atoms with Crippen LogP contribution in [0.5, 0.6) is 0 Å². The number of quaternary nitrogens is 1. The maximum Gasteiger partial charge on any atom is 0.418 e. The summed E-state index contributed by atoms with van der Waals surface area (Å²) in [5.41, 5.74) is 4.14. The fourth-order valence-electron chi connectivity index (χ4n) is 2.82. The molecule has 1 saturated heterocycles. The second kappa shape index (κ2) is 6.99. The maximum atomic E-state index is 12.9. The fraction of sp³-hybridized carbons (Fsp3) is 0.467. The Balaban J connectivity index is 1.99. The highest BCUT2D eigenvalue weighted by molar-refractivity contribution is 5.92. The van der Waals surface area contributed by atoms with Gasteiger partial charge in [0.1, 0.15) is 0 Å². The van der Waals surface area contributed by atoms with Gasteiger partial charge in [0.25, 0.3) is 5.91 Å². The number of rotatable bonds is 4. The molecule has 2 amide bonds. The second-order valence-corrected chi connectivity index (χ2v) is 5.71. The summed E-state index contributed by atoms with van der Waals surface area (Å²) < 4.78 is 38.7. The van der Waals surface area contributed by atoms with Crippen LogP contribution in [0, 0.1) is 5.92 Å². The molecule has 0 aromatic heterocycles. The number of carbonyl (C=O) groups is 2. The number of alkyl halides is 3. The van der Waals surface area contributed by atoms with Crippen molar-refractivity contribution in [2.24, 2.45) is 11.7 Å². The third-order valence-electron chi connectivity index (χ3n) is 3.94. The summed E-state index contributed by atoms with van der Waals surface area (Å²) in [4.78, 5) is 24.1. The van der Waals surface area contributed by atoms with Gasteiger partial charge in [0.05, 0.1) is 30.3 Å². The molecule has 5 nitrogen and oxygen atoms in total. The Labute approximate surface area is 131 Å². The van der Waals surface area contributed by atoms with Crippen LogP contribution in [-0.4, -0.2) is 31.4 Å². The third kappa shape index (κ3) is 4.69. The number of primary amides is 1. The van der Waals surface area contributed by atoms with Crippen LogP contribution in [0.4, 0.5) is 18.9 Å². The second-order valence-electron chi connectivity index (χ2n) is 5.71. The monoisotopic (exact) mass is 330 g/mol. The average molecular weight is 330 g/mol. The lowest BCUT2D eigenvalue weighted by atomic mass is 9.97. The molecule has 4 N–H and O–H groups in total. The lowest BCUT2D eigenvalue weighted by Crippen LogP contribution is -3.14. The van der Waals surface area contributed by atoms with Gasteiger partial charge in [-0.05, 0) is 25.0 Å². The smallest absolute Gasteiger partial charge is 0.369 e. The molecule has 0 saturated carbocycles. The Hall–Kier alpha value is -2.09. The summed E-state index contributed by atoms with van der Waals surface area (Å²) in [5, 5.41) is 2.31. The standard InChI is InChI=1S/C15H18F3N3O2/c16-15(17,18)11-5-1-2-6-12(11)20-13(22)9-21-7-3-4-10(8-21)14(19)23/h1-2,5-6,10H,3-4,7-9H2,(H2,19,23)(H,20,22)/p+1/t10-/m1/s1.